The van der Waals surface area contributed by atoms with E-state index in [1.807, 2.05) is 4.90 Å². The Morgan fingerprint density at radius 2 is 2.04 bits per heavy atom. The van der Waals surface area contributed by atoms with Crippen LogP contribution in [0.15, 0.2) is 40.6 Å². The van der Waals surface area contributed by atoms with E-state index < -0.39 is 10.0 Å². The summed E-state index contributed by atoms with van der Waals surface area (Å²) in [5.41, 5.74) is 0.503. The van der Waals surface area contributed by atoms with Gasteiger partial charge in [-0.05, 0) is 25.0 Å². The van der Waals surface area contributed by atoms with Crippen LogP contribution in [-0.4, -0.2) is 49.8 Å². The maximum Gasteiger partial charge on any atom is 0.263 e. The maximum absolute atomic E-state index is 12.3. The van der Waals surface area contributed by atoms with E-state index in [-0.39, 0.29) is 28.3 Å². The van der Waals surface area contributed by atoms with Crippen molar-refractivity contribution in [1.82, 2.24) is 15.2 Å². The number of likely N-dealkylation sites (tertiary alicyclic amines) is 1. The highest BCUT2D eigenvalue weighted by Crippen LogP contribution is 2.20. The molecule has 0 bridgehead atoms. The van der Waals surface area contributed by atoms with Gasteiger partial charge >= 0.3 is 0 Å². The van der Waals surface area contributed by atoms with Gasteiger partial charge in [0.1, 0.15) is 0 Å². The Labute approximate surface area is 168 Å². The number of nitrogens with zero attached hydrogens (tertiary/aromatic N) is 2. The minimum Gasteiger partial charge on any atom is -0.356 e. The lowest BCUT2D eigenvalue weighted by atomic mass is 10.3. The van der Waals surface area contributed by atoms with Gasteiger partial charge < -0.3 is 10.2 Å². The van der Waals surface area contributed by atoms with Crippen molar-refractivity contribution < 1.29 is 18.0 Å². The second-order valence-corrected chi connectivity index (χ2v) is 8.97. The van der Waals surface area contributed by atoms with Gasteiger partial charge in [-0.3, -0.25) is 14.3 Å². The van der Waals surface area contributed by atoms with Gasteiger partial charge in [-0.1, -0.05) is 18.2 Å². The number of thiazole rings is 1. The summed E-state index contributed by atoms with van der Waals surface area (Å²) in [6.45, 7) is 1.94. The largest absolute Gasteiger partial charge is 0.356 e. The summed E-state index contributed by atoms with van der Waals surface area (Å²) < 4.78 is 27.0. The summed E-state index contributed by atoms with van der Waals surface area (Å²) in [5, 5.41) is 4.68. The Hall–Kier alpha value is -2.46. The first-order valence-corrected chi connectivity index (χ1v) is 11.4. The number of hydrogen-bond donors (Lipinski definition) is 2. The SMILES string of the molecule is O=C(Cc1csc(NS(=O)(=O)c2ccccc2)n1)NCCCN1CCCC1=O. The van der Waals surface area contributed by atoms with Crippen molar-refractivity contribution in [3.8, 4) is 0 Å². The molecular formula is C18H22N4O4S2. The monoisotopic (exact) mass is 422 g/mol. The number of aromatic nitrogens is 1. The van der Waals surface area contributed by atoms with Gasteiger partial charge in [0.2, 0.25) is 11.8 Å². The van der Waals surface area contributed by atoms with Crippen molar-refractivity contribution in [2.24, 2.45) is 0 Å². The minimum atomic E-state index is -3.69. The van der Waals surface area contributed by atoms with Gasteiger partial charge in [-0.2, -0.15) is 0 Å². The molecule has 10 heteroatoms. The summed E-state index contributed by atoms with van der Waals surface area (Å²) in [7, 11) is -3.69. The molecule has 0 spiro atoms. The fraction of sp³-hybridized carbons (Fsp3) is 0.389. The molecular weight excluding hydrogens is 400 g/mol. The first-order valence-electron chi connectivity index (χ1n) is 9.01. The summed E-state index contributed by atoms with van der Waals surface area (Å²) in [5.74, 6) is -0.00482. The lowest BCUT2D eigenvalue weighted by Crippen LogP contribution is -2.31. The molecule has 1 aromatic carbocycles. The molecule has 0 atom stereocenters. The smallest absolute Gasteiger partial charge is 0.263 e. The van der Waals surface area contributed by atoms with Crippen molar-refractivity contribution in [2.45, 2.75) is 30.6 Å². The van der Waals surface area contributed by atoms with Crippen LogP contribution in [0.1, 0.15) is 25.0 Å². The molecule has 1 fully saturated rings. The first kappa shape index (κ1) is 20.3. The number of amides is 2. The Bertz CT molecular complexity index is 928. The molecule has 150 valence electrons. The molecule has 0 aliphatic carbocycles. The molecule has 2 aromatic rings. The number of sulfonamides is 1. The lowest BCUT2D eigenvalue weighted by Gasteiger charge is -2.15. The zero-order valence-corrected chi connectivity index (χ0v) is 16.9. The molecule has 1 aliphatic heterocycles. The van der Waals surface area contributed by atoms with E-state index in [1.54, 1.807) is 23.6 Å². The molecule has 2 N–H and O–H groups in total. The quantitative estimate of drug-likeness (QED) is 0.597. The van der Waals surface area contributed by atoms with Crippen LogP contribution < -0.4 is 10.0 Å². The number of anilines is 1. The number of hydrogen-bond acceptors (Lipinski definition) is 6. The summed E-state index contributed by atoms with van der Waals surface area (Å²) in [6, 6.07) is 8.03. The van der Waals surface area contributed by atoms with Crippen molar-refractivity contribution >= 4 is 38.3 Å². The Balaban J connectivity index is 1.44. The van der Waals surface area contributed by atoms with Gasteiger partial charge in [-0.25, -0.2) is 13.4 Å². The summed E-state index contributed by atoms with van der Waals surface area (Å²) in [4.78, 5) is 29.7. The molecule has 1 saturated heterocycles. The second-order valence-electron chi connectivity index (χ2n) is 6.43. The second kappa shape index (κ2) is 9.16. The molecule has 1 aromatic heterocycles. The zero-order chi connectivity index (χ0) is 20.0. The van der Waals surface area contributed by atoms with E-state index in [0.29, 0.717) is 31.6 Å². The number of carbonyl (C=O) groups is 2. The third-order valence-electron chi connectivity index (χ3n) is 4.27. The number of nitrogens with one attached hydrogen (secondary N) is 2. The molecule has 3 rings (SSSR count). The molecule has 0 unspecified atom stereocenters. The Morgan fingerprint density at radius 1 is 1.25 bits per heavy atom. The molecule has 2 heterocycles. The van der Waals surface area contributed by atoms with E-state index in [1.165, 1.54) is 12.1 Å². The van der Waals surface area contributed by atoms with E-state index in [9.17, 15) is 18.0 Å². The van der Waals surface area contributed by atoms with Crippen molar-refractivity contribution in [3.63, 3.8) is 0 Å². The van der Waals surface area contributed by atoms with Crippen LogP contribution in [0.5, 0.6) is 0 Å². The van der Waals surface area contributed by atoms with Gasteiger partial charge in [-0.15, -0.1) is 11.3 Å². The number of carbonyl (C=O) groups excluding carboxylic acids is 2. The maximum atomic E-state index is 12.3. The highest BCUT2D eigenvalue weighted by atomic mass is 32.2. The van der Waals surface area contributed by atoms with Crippen LogP contribution >= 0.6 is 11.3 Å². The molecule has 0 radical (unpaired) electrons. The topological polar surface area (TPSA) is 108 Å². The average molecular weight is 423 g/mol. The third kappa shape index (κ3) is 5.52. The van der Waals surface area contributed by atoms with Gasteiger partial charge in [0.15, 0.2) is 5.13 Å². The number of rotatable bonds is 9. The first-order chi connectivity index (χ1) is 13.4. The van der Waals surface area contributed by atoms with E-state index in [0.717, 1.165) is 24.3 Å². The number of benzene rings is 1. The minimum absolute atomic E-state index is 0.0756. The van der Waals surface area contributed by atoms with Gasteiger partial charge in [0.05, 0.1) is 17.0 Å². The molecule has 1 aliphatic rings. The highest BCUT2D eigenvalue weighted by Gasteiger charge is 2.19. The van der Waals surface area contributed by atoms with Crippen molar-refractivity contribution in [2.75, 3.05) is 24.4 Å². The van der Waals surface area contributed by atoms with Crippen LogP contribution in [-0.2, 0) is 26.0 Å². The fourth-order valence-electron chi connectivity index (χ4n) is 2.87. The lowest BCUT2D eigenvalue weighted by molar-refractivity contribution is -0.127. The van der Waals surface area contributed by atoms with Crippen molar-refractivity contribution in [1.29, 1.82) is 0 Å². The van der Waals surface area contributed by atoms with Crippen LogP contribution in [0.3, 0.4) is 0 Å². The molecule has 8 nitrogen and oxygen atoms in total. The third-order valence-corrected chi connectivity index (χ3v) is 6.56. The normalized spacial score (nSPS) is 14.3. The average Bonchev–Trinajstić information content (AvgIpc) is 3.28. The Kier molecular flexibility index (Phi) is 6.63. The van der Waals surface area contributed by atoms with Crippen LogP contribution in [0, 0.1) is 0 Å². The van der Waals surface area contributed by atoms with Crippen molar-refractivity contribution in [3.05, 3.63) is 41.4 Å². The Morgan fingerprint density at radius 3 is 2.75 bits per heavy atom. The van der Waals surface area contributed by atoms with E-state index in [4.69, 9.17) is 0 Å². The zero-order valence-electron chi connectivity index (χ0n) is 15.3. The van der Waals surface area contributed by atoms with Crippen LogP contribution in [0.25, 0.3) is 0 Å². The predicted molar refractivity (Wildman–Crippen MR) is 107 cm³/mol. The van der Waals surface area contributed by atoms with E-state index >= 15 is 0 Å². The summed E-state index contributed by atoms with van der Waals surface area (Å²) >= 11 is 1.13. The standard InChI is InChI=1S/C18H22N4O4S2/c23-16(19-9-5-11-22-10-4-8-17(22)24)12-14-13-27-18(20-14)21-28(25,26)15-6-2-1-3-7-15/h1-3,6-7,13H,4-5,8-12H2,(H,19,23)(H,20,21). The van der Waals surface area contributed by atoms with Gasteiger partial charge in [0.25, 0.3) is 10.0 Å². The molecule has 0 saturated carbocycles. The van der Waals surface area contributed by atoms with Gasteiger partial charge in [0, 0.05) is 31.4 Å². The van der Waals surface area contributed by atoms with Crippen LogP contribution in [0.2, 0.25) is 0 Å². The van der Waals surface area contributed by atoms with E-state index in [2.05, 4.69) is 15.0 Å². The summed E-state index contributed by atoms with van der Waals surface area (Å²) in [6.07, 6.45) is 2.31. The fourth-order valence-corrected chi connectivity index (χ4v) is 4.86. The molecule has 2 amide bonds. The molecule has 28 heavy (non-hydrogen) atoms. The van der Waals surface area contributed by atoms with Crippen LogP contribution in [0.4, 0.5) is 5.13 Å². The predicted octanol–water partition coefficient (Wildman–Crippen LogP) is 1.62. The highest BCUT2D eigenvalue weighted by molar-refractivity contribution is 7.93.